The molecule has 1 radical (unpaired) electrons. The molecule has 1 saturated carbocycles. The first-order valence-electron chi connectivity index (χ1n) is 7.95. The minimum absolute atomic E-state index is 0.277. The standard InChI is InChI=1S/C16H29O2/c1-3-11-16(12-4-2)17-13-10-15(18-16)14-8-6-5-7-9-14/h10,14-15H,3-9,11-13H2,1-2H3. The van der Waals surface area contributed by atoms with Crippen LogP contribution in [-0.2, 0) is 9.47 Å². The van der Waals surface area contributed by atoms with Gasteiger partial charge in [-0.25, -0.2) is 0 Å². The van der Waals surface area contributed by atoms with Crippen LogP contribution in [0.2, 0.25) is 0 Å². The monoisotopic (exact) mass is 253 g/mol. The second-order valence-corrected chi connectivity index (χ2v) is 5.94. The predicted molar refractivity (Wildman–Crippen MR) is 74.2 cm³/mol. The molecule has 0 bridgehead atoms. The van der Waals surface area contributed by atoms with E-state index in [1.165, 1.54) is 32.1 Å². The van der Waals surface area contributed by atoms with Crippen LogP contribution in [0.25, 0.3) is 0 Å². The Hall–Kier alpha value is -0.0800. The molecule has 1 heterocycles. The van der Waals surface area contributed by atoms with Crippen LogP contribution in [0, 0.1) is 12.3 Å². The van der Waals surface area contributed by atoms with Gasteiger partial charge in [0, 0.05) is 19.3 Å². The minimum Gasteiger partial charge on any atom is -0.350 e. The van der Waals surface area contributed by atoms with Crippen LogP contribution in [0.5, 0.6) is 0 Å². The molecule has 1 atom stereocenters. The Kier molecular flexibility index (Phi) is 5.50. The summed E-state index contributed by atoms with van der Waals surface area (Å²) in [6.45, 7) is 5.22. The first-order valence-corrected chi connectivity index (χ1v) is 7.95. The van der Waals surface area contributed by atoms with E-state index in [0.717, 1.165) is 38.2 Å². The zero-order chi connectivity index (χ0) is 12.8. The van der Waals surface area contributed by atoms with E-state index in [9.17, 15) is 0 Å². The summed E-state index contributed by atoms with van der Waals surface area (Å²) in [5.41, 5.74) is 0. The quantitative estimate of drug-likeness (QED) is 0.719. The van der Waals surface area contributed by atoms with E-state index in [1.807, 2.05) is 0 Å². The van der Waals surface area contributed by atoms with Crippen LogP contribution in [0.4, 0.5) is 0 Å². The maximum absolute atomic E-state index is 6.42. The van der Waals surface area contributed by atoms with Crippen molar-refractivity contribution >= 4 is 0 Å². The molecule has 0 N–H and O–H groups in total. The van der Waals surface area contributed by atoms with Crippen molar-refractivity contribution in [2.24, 2.45) is 5.92 Å². The average Bonchev–Trinajstić information content (AvgIpc) is 2.40. The van der Waals surface area contributed by atoms with E-state index in [0.29, 0.717) is 6.10 Å². The summed E-state index contributed by atoms with van der Waals surface area (Å²) >= 11 is 0. The lowest BCUT2D eigenvalue weighted by Gasteiger charge is -2.44. The molecule has 1 aliphatic heterocycles. The SMILES string of the molecule is CCCC1(CCC)OC[CH]C(C2CCCCC2)O1. The van der Waals surface area contributed by atoms with Crippen LogP contribution in [0.1, 0.15) is 71.6 Å². The van der Waals surface area contributed by atoms with Crippen molar-refractivity contribution in [3.05, 3.63) is 6.42 Å². The average molecular weight is 253 g/mol. The van der Waals surface area contributed by atoms with Crippen molar-refractivity contribution in [2.75, 3.05) is 6.61 Å². The molecular weight excluding hydrogens is 224 g/mol. The van der Waals surface area contributed by atoms with Crippen LogP contribution in [0.15, 0.2) is 0 Å². The fourth-order valence-electron chi connectivity index (χ4n) is 3.53. The molecule has 0 amide bonds. The number of ether oxygens (including phenoxy) is 2. The van der Waals surface area contributed by atoms with Crippen molar-refractivity contribution in [2.45, 2.75) is 83.5 Å². The molecule has 1 saturated heterocycles. The Morgan fingerprint density at radius 3 is 2.33 bits per heavy atom. The van der Waals surface area contributed by atoms with Gasteiger partial charge in [0.15, 0.2) is 5.79 Å². The lowest BCUT2D eigenvalue weighted by molar-refractivity contribution is -0.291. The Bertz CT molecular complexity index is 222. The van der Waals surface area contributed by atoms with Gasteiger partial charge in [0.2, 0.25) is 0 Å². The Morgan fingerprint density at radius 1 is 1.06 bits per heavy atom. The zero-order valence-corrected chi connectivity index (χ0v) is 12.1. The summed E-state index contributed by atoms with van der Waals surface area (Å²) < 4.78 is 12.4. The van der Waals surface area contributed by atoms with Gasteiger partial charge in [0.05, 0.1) is 12.7 Å². The molecule has 0 aromatic heterocycles. The fourth-order valence-corrected chi connectivity index (χ4v) is 3.53. The van der Waals surface area contributed by atoms with Gasteiger partial charge >= 0.3 is 0 Å². The molecule has 1 unspecified atom stereocenters. The predicted octanol–water partition coefficient (Wildman–Crippen LogP) is 4.48. The molecule has 0 aromatic carbocycles. The Labute approximate surface area is 112 Å². The van der Waals surface area contributed by atoms with Crippen LogP contribution >= 0.6 is 0 Å². The van der Waals surface area contributed by atoms with Crippen molar-refractivity contribution in [1.82, 2.24) is 0 Å². The van der Waals surface area contributed by atoms with Crippen molar-refractivity contribution < 1.29 is 9.47 Å². The minimum atomic E-state index is -0.277. The third kappa shape index (κ3) is 3.48. The third-order valence-corrected chi connectivity index (χ3v) is 4.40. The molecule has 0 spiro atoms. The summed E-state index contributed by atoms with van der Waals surface area (Å²) in [4.78, 5) is 0. The van der Waals surface area contributed by atoms with Gasteiger partial charge in [0.1, 0.15) is 0 Å². The van der Waals surface area contributed by atoms with Gasteiger partial charge < -0.3 is 9.47 Å². The second kappa shape index (κ2) is 6.91. The Morgan fingerprint density at radius 2 is 1.72 bits per heavy atom. The lowest BCUT2D eigenvalue weighted by Crippen LogP contribution is -2.47. The van der Waals surface area contributed by atoms with Crippen molar-refractivity contribution in [1.29, 1.82) is 0 Å². The number of rotatable bonds is 5. The van der Waals surface area contributed by atoms with Crippen LogP contribution in [-0.4, -0.2) is 18.5 Å². The highest BCUT2D eigenvalue weighted by Gasteiger charge is 2.39. The topological polar surface area (TPSA) is 18.5 Å². The highest BCUT2D eigenvalue weighted by atomic mass is 16.7. The van der Waals surface area contributed by atoms with E-state index < -0.39 is 0 Å². The second-order valence-electron chi connectivity index (χ2n) is 5.94. The van der Waals surface area contributed by atoms with E-state index in [4.69, 9.17) is 9.47 Å². The molecule has 1 aliphatic carbocycles. The van der Waals surface area contributed by atoms with Crippen LogP contribution < -0.4 is 0 Å². The van der Waals surface area contributed by atoms with E-state index in [2.05, 4.69) is 20.3 Å². The normalized spacial score (nSPS) is 29.3. The maximum atomic E-state index is 6.42. The maximum Gasteiger partial charge on any atom is 0.168 e. The summed E-state index contributed by atoms with van der Waals surface area (Å²) in [5.74, 6) is 0.469. The summed E-state index contributed by atoms with van der Waals surface area (Å²) in [6, 6.07) is 0. The zero-order valence-electron chi connectivity index (χ0n) is 12.1. The molecule has 0 aromatic rings. The molecule has 2 nitrogen and oxygen atoms in total. The largest absolute Gasteiger partial charge is 0.350 e. The summed E-state index contributed by atoms with van der Waals surface area (Å²) in [5, 5.41) is 0. The van der Waals surface area contributed by atoms with Crippen molar-refractivity contribution in [3.63, 3.8) is 0 Å². The van der Waals surface area contributed by atoms with E-state index >= 15 is 0 Å². The summed E-state index contributed by atoms with van der Waals surface area (Å²) in [7, 11) is 0. The molecule has 105 valence electrons. The summed E-state index contributed by atoms with van der Waals surface area (Å²) in [6.07, 6.45) is 13.8. The lowest BCUT2D eigenvalue weighted by atomic mass is 9.83. The first-order chi connectivity index (χ1) is 8.79. The molecule has 2 aliphatic rings. The smallest absolute Gasteiger partial charge is 0.168 e. The Balaban J connectivity index is 1.96. The molecule has 18 heavy (non-hydrogen) atoms. The molecule has 2 rings (SSSR count). The van der Waals surface area contributed by atoms with E-state index in [1.54, 1.807) is 0 Å². The third-order valence-electron chi connectivity index (χ3n) is 4.40. The van der Waals surface area contributed by atoms with Gasteiger partial charge in [0.25, 0.3) is 0 Å². The van der Waals surface area contributed by atoms with Gasteiger partial charge in [-0.15, -0.1) is 0 Å². The van der Waals surface area contributed by atoms with Crippen LogP contribution in [0.3, 0.4) is 0 Å². The fraction of sp³-hybridized carbons (Fsp3) is 0.938. The van der Waals surface area contributed by atoms with Gasteiger partial charge in [-0.05, 0) is 18.8 Å². The number of hydrogen-bond donors (Lipinski definition) is 0. The van der Waals surface area contributed by atoms with E-state index in [-0.39, 0.29) is 5.79 Å². The van der Waals surface area contributed by atoms with Gasteiger partial charge in [-0.2, -0.15) is 0 Å². The highest BCUT2D eigenvalue weighted by Crippen LogP contribution is 2.38. The van der Waals surface area contributed by atoms with Gasteiger partial charge in [-0.3, -0.25) is 0 Å². The first kappa shape index (κ1) is 14.3. The number of hydrogen-bond acceptors (Lipinski definition) is 2. The molecular formula is C16H29O2. The highest BCUT2D eigenvalue weighted by molar-refractivity contribution is 4.91. The van der Waals surface area contributed by atoms with Crippen molar-refractivity contribution in [3.8, 4) is 0 Å². The molecule has 2 heteroatoms. The molecule has 2 fully saturated rings. The van der Waals surface area contributed by atoms with Gasteiger partial charge in [-0.1, -0.05) is 46.0 Å².